The predicted octanol–water partition coefficient (Wildman–Crippen LogP) is 3.27. The predicted molar refractivity (Wildman–Crippen MR) is 104 cm³/mol. The Bertz CT molecular complexity index is 832. The van der Waals surface area contributed by atoms with Crippen LogP contribution in [0, 0.1) is 5.92 Å². The zero-order chi connectivity index (χ0) is 18.9. The van der Waals surface area contributed by atoms with Crippen LogP contribution in [0.1, 0.15) is 41.2 Å². The number of carboxylic acids is 1. The van der Waals surface area contributed by atoms with Gasteiger partial charge in [-0.05, 0) is 43.7 Å². The Balaban J connectivity index is 1.38. The van der Waals surface area contributed by atoms with Crippen LogP contribution in [0.2, 0.25) is 0 Å². The van der Waals surface area contributed by atoms with Crippen molar-refractivity contribution in [1.82, 2.24) is 9.88 Å². The fourth-order valence-electron chi connectivity index (χ4n) is 3.78. The van der Waals surface area contributed by atoms with Gasteiger partial charge >= 0.3 is 5.97 Å². The number of carbonyl (C=O) groups is 2. The largest absolute Gasteiger partial charge is 0.476 e. The molecule has 2 N–H and O–H groups in total. The van der Waals surface area contributed by atoms with Crippen LogP contribution in [-0.2, 0) is 11.2 Å². The number of likely N-dealkylation sites (tertiary alicyclic amines) is 1. The van der Waals surface area contributed by atoms with Gasteiger partial charge in [0.1, 0.15) is 5.54 Å². The number of thiazole rings is 1. The van der Waals surface area contributed by atoms with Crippen LogP contribution in [0.5, 0.6) is 0 Å². The Kier molecular flexibility index (Phi) is 4.86. The average Bonchev–Trinajstić information content (AvgIpc) is 3.30. The Morgan fingerprint density at radius 3 is 2.74 bits per heavy atom. The van der Waals surface area contributed by atoms with Crippen LogP contribution in [0.15, 0.2) is 35.7 Å². The summed E-state index contributed by atoms with van der Waals surface area (Å²) in [6, 6.07) is 9.90. The first kappa shape index (κ1) is 18.0. The van der Waals surface area contributed by atoms with Crippen molar-refractivity contribution in [3.63, 3.8) is 0 Å². The third-order valence-electron chi connectivity index (χ3n) is 5.36. The number of anilines is 1. The van der Waals surface area contributed by atoms with E-state index in [1.165, 1.54) is 11.3 Å². The van der Waals surface area contributed by atoms with Crippen LogP contribution in [0.4, 0.5) is 5.69 Å². The third kappa shape index (κ3) is 3.98. The zero-order valence-electron chi connectivity index (χ0n) is 15.1. The molecule has 6 nitrogen and oxygen atoms in total. The number of nitrogens with zero attached hydrogens (tertiary/aromatic N) is 2. The molecule has 2 fully saturated rings. The van der Waals surface area contributed by atoms with E-state index < -0.39 is 11.5 Å². The molecule has 1 aromatic carbocycles. The summed E-state index contributed by atoms with van der Waals surface area (Å²) in [4.78, 5) is 30.3. The maximum atomic E-state index is 13.2. The quantitative estimate of drug-likeness (QED) is 0.797. The lowest BCUT2D eigenvalue weighted by Crippen LogP contribution is -2.49. The van der Waals surface area contributed by atoms with Gasteiger partial charge in [0.05, 0.1) is 5.01 Å². The molecule has 1 saturated heterocycles. The number of aromatic nitrogens is 1. The number of rotatable bonds is 6. The van der Waals surface area contributed by atoms with Gasteiger partial charge in [0.15, 0.2) is 5.69 Å². The van der Waals surface area contributed by atoms with Gasteiger partial charge in [-0.3, -0.25) is 4.79 Å². The van der Waals surface area contributed by atoms with E-state index in [4.69, 9.17) is 5.11 Å². The number of amides is 1. The lowest BCUT2D eigenvalue weighted by atomic mass is 9.94. The van der Waals surface area contributed by atoms with Gasteiger partial charge in [-0.15, -0.1) is 11.3 Å². The second-order valence-electron chi connectivity index (χ2n) is 7.47. The van der Waals surface area contributed by atoms with Gasteiger partial charge in [-0.1, -0.05) is 18.2 Å². The standard InChI is InChI=1S/C20H23N3O3S/c24-18(25)16-13-27-17(21-16)11-14-5-4-10-23(12-14)19(26)20(8-9-20)22-15-6-2-1-3-7-15/h1-3,6-7,13-14,22H,4-5,8-12H2,(H,24,25). The molecule has 4 rings (SSSR count). The maximum Gasteiger partial charge on any atom is 0.355 e. The molecule has 1 aromatic heterocycles. The van der Waals surface area contributed by atoms with Gasteiger partial charge in [0.25, 0.3) is 0 Å². The van der Waals surface area contributed by atoms with Gasteiger partial charge in [0, 0.05) is 30.6 Å². The minimum absolute atomic E-state index is 0.114. The Labute approximate surface area is 162 Å². The Hall–Kier alpha value is -2.41. The van der Waals surface area contributed by atoms with Crippen LogP contribution >= 0.6 is 11.3 Å². The number of piperidine rings is 1. The summed E-state index contributed by atoms with van der Waals surface area (Å²) in [6.07, 6.45) is 4.51. The molecule has 142 valence electrons. The summed E-state index contributed by atoms with van der Waals surface area (Å²) in [5.41, 5.74) is 0.657. The lowest BCUT2D eigenvalue weighted by molar-refractivity contribution is -0.134. The Morgan fingerprint density at radius 2 is 2.07 bits per heavy atom. The molecule has 1 amide bonds. The van der Waals surface area contributed by atoms with E-state index in [2.05, 4.69) is 10.3 Å². The van der Waals surface area contributed by atoms with Gasteiger partial charge in [-0.2, -0.15) is 0 Å². The maximum absolute atomic E-state index is 13.2. The second kappa shape index (κ2) is 7.31. The number of para-hydroxylation sites is 1. The highest BCUT2D eigenvalue weighted by Gasteiger charge is 2.52. The van der Waals surface area contributed by atoms with E-state index in [0.29, 0.717) is 5.92 Å². The van der Waals surface area contributed by atoms with E-state index in [0.717, 1.165) is 55.9 Å². The molecule has 0 spiro atoms. The third-order valence-corrected chi connectivity index (χ3v) is 6.23. The van der Waals surface area contributed by atoms with Crippen molar-refractivity contribution in [1.29, 1.82) is 0 Å². The van der Waals surface area contributed by atoms with Crippen molar-refractivity contribution < 1.29 is 14.7 Å². The van der Waals surface area contributed by atoms with Crippen molar-refractivity contribution in [2.45, 2.75) is 37.6 Å². The molecular weight excluding hydrogens is 362 g/mol. The molecule has 0 bridgehead atoms. The van der Waals surface area contributed by atoms with Crippen molar-refractivity contribution in [3.8, 4) is 0 Å². The zero-order valence-corrected chi connectivity index (χ0v) is 15.9. The first-order chi connectivity index (χ1) is 13.1. The number of benzene rings is 1. The molecule has 27 heavy (non-hydrogen) atoms. The fraction of sp³-hybridized carbons (Fsp3) is 0.450. The van der Waals surface area contributed by atoms with E-state index >= 15 is 0 Å². The molecule has 2 aromatic rings. The Morgan fingerprint density at radius 1 is 1.30 bits per heavy atom. The van der Waals surface area contributed by atoms with E-state index in [-0.39, 0.29) is 11.6 Å². The molecule has 1 unspecified atom stereocenters. The van der Waals surface area contributed by atoms with Crippen LogP contribution in [0.3, 0.4) is 0 Å². The fourth-order valence-corrected chi connectivity index (χ4v) is 4.67. The number of aromatic carboxylic acids is 1. The minimum atomic E-state index is -0.986. The van der Waals surface area contributed by atoms with E-state index in [1.54, 1.807) is 5.38 Å². The molecule has 1 aliphatic heterocycles. The summed E-state index contributed by atoms with van der Waals surface area (Å²) in [6.45, 7) is 1.52. The highest BCUT2D eigenvalue weighted by molar-refractivity contribution is 7.09. The van der Waals surface area contributed by atoms with Crippen LogP contribution in [-0.4, -0.2) is 45.5 Å². The monoisotopic (exact) mass is 385 g/mol. The summed E-state index contributed by atoms with van der Waals surface area (Å²) in [5, 5.41) is 14.9. The van der Waals surface area contributed by atoms with Gasteiger partial charge < -0.3 is 15.3 Å². The molecule has 7 heteroatoms. The summed E-state index contributed by atoms with van der Waals surface area (Å²) in [7, 11) is 0. The molecule has 1 aliphatic carbocycles. The molecular formula is C20H23N3O3S. The van der Waals surface area contributed by atoms with E-state index in [1.807, 2.05) is 35.2 Å². The SMILES string of the molecule is O=C(O)c1csc(CC2CCCN(C(=O)C3(Nc4ccccc4)CC3)C2)n1. The molecule has 1 atom stereocenters. The van der Waals surface area contributed by atoms with E-state index in [9.17, 15) is 9.59 Å². The van der Waals surface area contributed by atoms with Crippen molar-refractivity contribution in [3.05, 3.63) is 46.4 Å². The first-order valence-corrected chi connectivity index (χ1v) is 10.2. The number of hydrogen-bond donors (Lipinski definition) is 2. The second-order valence-corrected chi connectivity index (χ2v) is 8.41. The summed E-state index contributed by atoms with van der Waals surface area (Å²) >= 11 is 1.39. The highest BCUT2D eigenvalue weighted by Crippen LogP contribution is 2.41. The van der Waals surface area contributed by atoms with Crippen molar-refractivity contribution in [2.75, 3.05) is 18.4 Å². The number of nitrogens with one attached hydrogen (secondary N) is 1. The van der Waals surface area contributed by atoms with Gasteiger partial charge in [0.2, 0.25) is 5.91 Å². The van der Waals surface area contributed by atoms with Crippen molar-refractivity contribution in [2.24, 2.45) is 5.92 Å². The average molecular weight is 385 g/mol. The first-order valence-electron chi connectivity index (χ1n) is 9.36. The number of hydrogen-bond acceptors (Lipinski definition) is 5. The summed E-state index contributed by atoms with van der Waals surface area (Å²) < 4.78 is 0. The van der Waals surface area contributed by atoms with Gasteiger partial charge in [-0.25, -0.2) is 9.78 Å². The van der Waals surface area contributed by atoms with Crippen LogP contribution in [0.25, 0.3) is 0 Å². The topological polar surface area (TPSA) is 82.5 Å². The van der Waals surface area contributed by atoms with Crippen LogP contribution < -0.4 is 5.32 Å². The molecule has 2 heterocycles. The minimum Gasteiger partial charge on any atom is -0.476 e. The lowest BCUT2D eigenvalue weighted by Gasteiger charge is -2.35. The molecule has 2 aliphatic rings. The van der Waals surface area contributed by atoms with Crippen molar-refractivity contribution >= 4 is 28.9 Å². The highest BCUT2D eigenvalue weighted by atomic mass is 32.1. The molecule has 0 radical (unpaired) electrons. The summed E-state index contributed by atoms with van der Waals surface area (Å²) in [5.74, 6) is -0.454. The molecule has 1 saturated carbocycles. The number of carboxylic acid groups (broad SMARTS) is 1. The smallest absolute Gasteiger partial charge is 0.355 e. The normalized spacial score (nSPS) is 20.9. The number of carbonyl (C=O) groups excluding carboxylic acids is 1.